The van der Waals surface area contributed by atoms with E-state index in [1.54, 1.807) is 0 Å². The van der Waals surface area contributed by atoms with Gasteiger partial charge in [0, 0.05) is 18.1 Å². The van der Waals surface area contributed by atoms with Gasteiger partial charge in [0.1, 0.15) is 0 Å². The van der Waals surface area contributed by atoms with E-state index in [0.29, 0.717) is 5.88 Å². The summed E-state index contributed by atoms with van der Waals surface area (Å²) in [6.07, 6.45) is 0. The van der Waals surface area contributed by atoms with E-state index >= 15 is 0 Å². The fourth-order valence-corrected chi connectivity index (χ4v) is 2.75. The summed E-state index contributed by atoms with van der Waals surface area (Å²) in [5, 5.41) is 0.738. The van der Waals surface area contributed by atoms with Gasteiger partial charge in [-0.2, -0.15) is 0 Å². The topological polar surface area (TPSA) is 3.24 Å². The number of alkyl halides is 1. The number of rotatable bonds is 4. The van der Waals surface area contributed by atoms with Crippen LogP contribution in [0.4, 0.5) is 11.4 Å². The van der Waals surface area contributed by atoms with Gasteiger partial charge < -0.3 is 4.90 Å². The van der Waals surface area contributed by atoms with E-state index < -0.39 is 0 Å². The summed E-state index contributed by atoms with van der Waals surface area (Å²) in [5.41, 5.74) is 4.43. The van der Waals surface area contributed by atoms with Crippen LogP contribution in [-0.4, -0.2) is 6.54 Å². The number of halogens is 2. The summed E-state index contributed by atoms with van der Waals surface area (Å²) in [6, 6.07) is 14.3. The second-order valence-corrected chi connectivity index (χ2v) is 5.14. The predicted octanol–water partition coefficient (Wildman–Crippen LogP) is 5.55. The maximum absolute atomic E-state index is 6.37. The van der Waals surface area contributed by atoms with Crippen molar-refractivity contribution in [3.8, 4) is 0 Å². The molecule has 0 saturated carbocycles. The molecule has 0 heterocycles. The lowest BCUT2D eigenvalue weighted by atomic mass is 10.1. The number of hydrogen-bond acceptors (Lipinski definition) is 1. The van der Waals surface area contributed by atoms with Crippen molar-refractivity contribution in [2.24, 2.45) is 0 Å². The van der Waals surface area contributed by atoms with Crippen LogP contribution in [0, 0.1) is 6.92 Å². The summed E-state index contributed by atoms with van der Waals surface area (Å²) in [4.78, 5) is 2.20. The number of para-hydroxylation sites is 1. The molecule has 0 spiro atoms. The first-order valence-electron chi connectivity index (χ1n) is 6.35. The molecule has 0 saturated heterocycles. The fraction of sp³-hybridized carbons (Fsp3) is 0.250. The normalized spacial score (nSPS) is 10.5. The lowest BCUT2D eigenvalue weighted by Gasteiger charge is -2.27. The van der Waals surface area contributed by atoms with Crippen molar-refractivity contribution >= 4 is 34.6 Å². The zero-order valence-corrected chi connectivity index (χ0v) is 12.7. The Hall–Kier alpha value is -1.18. The zero-order valence-electron chi connectivity index (χ0n) is 11.2. The Morgan fingerprint density at radius 2 is 1.84 bits per heavy atom. The van der Waals surface area contributed by atoms with Crippen LogP contribution in [0.5, 0.6) is 0 Å². The van der Waals surface area contributed by atoms with Crippen LogP contribution in [0.25, 0.3) is 0 Å². The zero-order chi connectivity index (χ0) is 13.8. The lowest BCUT2D eigenvalue weighted by Crippen LogP contribution is -2.18. The molecule has 100 valence electrons. The fourth-order valence-electron chi connectivity index (χ4n) is 2.24. The highest BCUT2D eigenvalue weighted by atomic mass is 35.5. The second-order valence-electron chi connectivity index (χ2n) is 4.46. The predicted molar refractivity (Wildman–Crippen MR) is 84.9 cm³/mol. The molecule has 2 rings (SSSR count). The molecule has 2 aromatic carbocycles. The molecule has 0 amide bonds. The van der Waals surface area contributed by atoms with Crippen molar-refractivity contribution in [1.29, 1.82) is 0 Å². The molecule has 0 fully saturated rings. The summed E-state index contributed by atoms with van der Waals surface area (Å²) in [6.45, 7) is 5.05. The molecule has 0 aliphatic heterocycles. The van der Waals surface area contributed by atoms with Crippen LogP contribution in [0.3, 0.4) is 0 Å². The highest BCUT2D eigenvalue weighted by molar-refractivity contribution is 6.33. The van der Waals surface area contributed by atoms with Crippen molar-refractivity contribution < 1.29 is 0 Å². The quantitative estimate of drug-likeness (QED) is 0.669. The molecular weight excluding hydrogens is 277 g/mol. The Morgan fingerprint density at radius 1 is 1.11 bits per heavy atom. The molecule has 3 heteroatoms. The molecule has 1 nitrogen and oxygen atoms in total. The van der Waals surface area contributed by atoms with Crippen molar-refractivity contribution in [2.75, 3.05) is 11.4 Å². The van der Waals surface area contributed by atoms with E-state index in [0.717, 1.165) is 28.5 Å². The van der Waals surface area contributed by atoms with Crippen molar-refractivity contribution in [1.82, 2.24) is 0 Å². The third-order valence-electron chi connectivity index (χ3n) is 3.11. The number of hydrogen-bond donors (Lipinski definition) is 0. The van der Waals surface area contributed by atoms with Gasteiger partial charge >= 0.3 is 0 Å². The van der Waals surface area contributed by atoms with E-state index in [-0.39, 0.29) is 0 Å². The van der Waals surface area contributed by atoms with Crippen LogP contribution in [0.15, 0.2) is 42.5 Å². The third-order valence-corrected chi connectivity index (χ3v) is 3.71. The first-order valence-corrected chi connectivity index (χ1v) is 7.26. The van der Waals surface area contributed by atoms with Gasteiger partial charge in [0.15, 0.2) is 0 Å². The molecule has 0 atom stereocenters. The largest absolute Gasteiger partial charge is 0.340 e. The van der Waals surface area contributed by atoms with Gasteiger partial charge in [-0.15, -0.1) is 11.6 Å². The van der Waals surface area contributed by atoms with Crippen molar-refractivity contribution in [3.05, 3.63) is 58.6 Å². The average molecular weight is 294 g/mol. The Morgan fingerprint density at radius 3 is 2.47 bits per heavy atom. The van der Waals surface area contributed by atoms with E-state index in [9.17, 15) is 0 Å². The molecule has 2 aromatic rings. The monoisotopic (exact) mass is 293 g/mol. The molecular formula is C16H17Cl2N. The number of benzene rings is 2. The Balaban J connectivity index is 2.54. The molecule has 0 aliphatic rings. The standard InChI is InChI=1S/C16H17Cl2N/c1-3-19(14-8-4-6-12(2)10-14)16-13(11-17)7-5-9-15(16)18/h4-10H,3,11H2,1-2H3. The first kappa shape index (κ1) is 14.2. The van der Waals surface area contributed by atoms with Gasteiger partial charge in [0.25, 0.3) is 0 Å². The Kier molecular flexibility index (Phi) is 4.73. The summed E-state index contributed by atoms with van der Waals surface area (Å²) < 4.78 is 0. The SMILES string of the molecule is CCN(c1cccc(C)c1)c1c(Cl)cccc1CCl. The van der Waals surface area contributed by atoms with Gasteiger partial charge in [0.05, 0.1) is 10.7 Å². The molecule has 0 aromatic heterocycles. The maximum atomic E-state index is 6.37. The van der Waals surface area contributed by atoms with Gasteiger partial charge in [-0.25, -0.2) is 0 Å². The molecule has 0 unspecified atom stereocenters. The maximum Gasteiger partial charge on any atom is 0.0646 e. The number of nitrogens with zero attached hydrogens (tertiary/aromatic N) is 1. The van der Waals surface area contributed by atoms with Crippen LogP contribution in [0.2, 0.25) is 5.02 Å². The third kappa shape index (κ3) is 3.05. The lowest BCUT2D eigenvalue weighted by molar-refractivity contribution is 1.01. The van der Waals surface area contributed by atoms with E-state index in [2.05, 4.69) is 43.0 Å². The van der Waals surface area contributed by atoms with Crippen LogP contribution in [0.1, 0.15) is 18.1 Å². The molecule has 0 bridgehead atoms. The molecule has 0 aliphatic carbocycles. The summed E-state index contributed by atoms with van der Waals surface area (Å²) >= 11 is 12.4. The summed E-state index contributed by atoms with van der Waals surface area (Å²) in [7, 11) is 0. The van der Waals surface area contributed by atoms with E-state index in [1.165, 1.54) is 5.56 Å². The highest BCUT2D eigenvalue weighted by Gasteiger charge is 2.15. The summed E-state index contributed by atoms with van der Waals surface area (Å²) in [5.74, 6) is 0.457. The van der Waals surface area contributed by atoms with Crippen LogP contribution < -0.4 is 4.90 Å². The first-order chi connectivity index (χ1) is 9.17. The molecule has 0 N–H and O–H groups in total. The van der Waals surface area contributed by atoms with Crippen LogP contribution in [-0.2, 0) is 5.88 Å². The second kappa shape index (κ2) is 6.31. The number of anilines is 2. The average Bonchev–Trinajstić information content (AvgIpc) is 2.41. The van der Waals surface area contributed by atoms with E-state index in [4.69, 9.17) is 23.2 Å². The van der Waals surface area contributed by atoms with E-state index in [1.807, 2.05) is 18.2 Å². The van der Waals surface area contributed by atoms with Gasteiger partial charge in [-0.05, 0) is 43.2 Å². The molecule has 0 radical (unpaired) electrons. The Bertz CT molecular complexity index is 566. The Labute approximate surface area is 124 Å². The van der Waals surface area contributed by atoms with Gasteiger partial charge in [-0.3, -0.25) is 0 Å². The van der Waals surface area contributed by atoms with Gasteiger partial charge in [0.2, 0.25) is 0 Å². The minimum absolute atomic E-state index is 0.457. The minimum atomic E-state index is 0.457. The minimum Gasteiger partial charge on any atom is -0.340 e. The van der Waals surface area contributed by atoms with Crippen LogP contribution >= 0.6 is 23.2 Å². The smallest absolute Gasteiger partial charge is 0.0646 e. The molecule has 19 heavy (non-hydrogen) atoms. The van der Waals surface area contributed by atoms with Gasteiger partial charge in [-0.1, -0.05) is 35.9 Å². The highest BCUT2D eigenvalue weighted by Crippen LogP contribution is 2.35. The number of aryl methyl sites for hydroxylation is 1. The van der Waals surface area contributed by atoms with Crippen molar-refractivity contribution in [2.45, 2.75) is 19.7 Å². The van der Waals surface area contributed by atoms with Crippen molar-refractivity contribution in [3.63, 3.8) is 0 Å².